The predicted octanol–water partition coefficient (Wildman–Crippen LogP) is 3.63. The van der Waals surface area contributed by atoms with Gasteiger partial charge in [0.15, 0.2) is 0 Å². The van der Waals surface area contributed by atoms with Gasteiger partial charge in [-0.05, 0) is 55.5 Å². The van der Waals surface area contributed by atoms with Crippen LogP contribution in [0.3, 0.4) is 0 Å². The molecule has 0 radical (unpaired) electrons. The normalized spacial score (nSPS) is 12.0. The van der Waals surface area contributed by atoms with Crippen molar-refractivity contribution in [1.82, 2.24) is 10.2 Å². The van der Waals surface area contributed by atoms with Crippen LogP contribution in [0.1, 0.15) is 28.4 Å². The lowest BCUT2D eigenvalue weighted by atomic mass is 10.1. The van der Waals surface area contributed by atoms with E-state index in [1.165, 1.54) is 16.9 Å². The summed E-state index contributed by atoms with van der Waals surface area (Å²) in [6.07, 6.45) is 0. The van der Waals surface area contributed by atoms with Crippen LogP contribution in [0.25, 0.3) is 11.5 Å². The van der Waals surface area contributed by atoms with Crippen LogP contribution in [-0.4, -0.2) is 27.3 Å². The molecule has 7 nitrogen and oxygen atoms in total. The van der Waals surface area contributed by atoms with Gasteiger partial charge in [0.2, 0.25) is 11.8 Å². The van der Waals surface area contributed by atoms with E-state index in [9.17, 15) is 9.59 Å². The van der Waals surface area contributed by atoms with Crippen molar-refractivity contribution < 1.29 is 14.0 Å². The van der Waals surface area contributed by atoms with Crippen molar-refractivity contribution >= 4 is 39.9 Å². The van der Waals surface area contributed by atoms with Gasteiger partial charge in [-0.3, -0.25) is 9.59 Å². The number of aromatic nitrogens is 2. The van der Waals surface area contributed by atoms with Crippen molar-refractivity contribution in [3.05, 3.63) is 46.3 Å². The summed E-state index contributed by atoms with van der Waals surface area (Å²) >= 11 is 2.39. The number of thiophene rings is 1. The Morgan fingerprint density at radius 1 is 1.22 bits per heavy atom. The number of anilines is 1. The molecule has 27 heavy (non-hydrogen) atoms. The van der Waals surface area contributed by atoms with E-state index in [0.29, 0.717) is 21.7 Å². The van der Waals surface area contributed by atoms with Crippen molar-refractivity contribution in [2.75, 3.05) is 5.32 Å². The largest absolute Gasteiger partial charge is 0.411 e. The van der Waals surface area contributed by atoms with Gasteiger partial charge in [-0.25, -0.2) is 0 Å². The molecule has 0 aliphatic heterocycles. The molecule has 3 aromatic rings. The summed E-state index contributed by atoms with van der Waals surface area (Å²) in [5, 5.41) is 12.7. The van der Waals surface area contributed by atoms with Crippen LogP contribution < -0.4 is 11.1 Å². The Morgan fingerprint density at radius 2 is 2.00 bits per heavy atom. The zero-order valence-corrected chi connectivity index (χ0v) is 16.6. The maximum Gasteiger partial charge on any atom is 0.277 e. The Balaban J connectivity index is 1.67. The molecule has 0 saturated carbocycles. The van der Waals surface area contributed by atoms with Crippen LogP contribution in [0, 0.1) is 13.8 Å². The van der Waals surface area contributed by atoms with Crippen molar-refractivity contribution in [2.45, 2.75) is 31.2 Å². The van der Waals surface area contributed by atoms with Gasteiger partial charge in [-0.2, -0.15) is 0 Å². The first kappa shape index (κ1) is 19.1. The summed E-state index contributed by atoms with van der Waals surface area (Å²) in [5.74, 6) is -0.458. The van der Waals surface area contributed by atoms with Gasteiger partial charge >= 0.3 is 0 Å². The summed E-state index contributed by atoms with van der Waals surface area (Å²) < 4.78 is 5.67. The number of carbonyl (C=O) groups is 2. The second-order valence-electron chi connectivity index (χ2n) is 5.95. The number of aryl methyl sites for hydroxylation is 2. The number of nitrogens with two attached hydrogens (primary N) is 1. The minimum absolute atomic E-state index is 0.282. The Hall–Kier alpha value is -2.65. The maximum atomic E-state index is 12.4. The number of benzene rings is 1. The molecule has 3 N–H and O–H groups in total. The molecule has 1 aromatic carbocycles. The fraction of sp³-hybridized carbons (Fsp3) is 0.222. The van der Waals surface area contributed by atoms with Crippen LogP contribution in [-0.2, 0) is 4.79 Å². The molecular weight excluding hydrogens is 384 g/mol. The van der Waals surface area contributed by atoms with E-state index < -0.39 is 11.2 Å². The average molecular weight is 403 g/mol. The number of rotatable bonds is 6. The highest BCUT2D eigenvalue weighted by Crippen LogP contribution is 2.29. The number of nitrogens with zero attached hydrogens (tertiary/aromatic N) is 2. The summed E-state index contributed by atoms with van der Waals surface area (Å²) in [7, 11) is 0. The number of amides is 2. The first-order valence-electron chi connectivity index (χ1n) is 8.11. The smallest absolute Gasteiger partial charge is 0.277 e. The molecule has 2 amide bonds. The van der Waals surface area contributed by atoms with Gasteiger partial charge in [0.25, 0.3) is 11.1 Å². The van der Waals surface area contributed by atoms with Gasteiger partial charge in [-0.1, -0.05) is 17.8 Å². The lowest BCUT2D eigenvalue weighted by molar-refractivity contribution is -0.115. The molecule has 2 heterocycles. The van der Waals surface area contributed by atoms with Crippen molar-refractivity contribution in [2.24, 2.45) is 5.73 Å². The Kier molecular flexibility index (Phi) is 5.62. The second kappa shape index (κ2) is 7.93. The van der Waals surface area contributed by atoms with Crippen LogP contribution >= 0.6 is 23.1 Å². The van der Waals surface area contributed by atoms with Gasteiger partial charge in [0.1, 0.15) is 5.00 Å². The highest BCUT2D eigenvalue weighted by molar-refractivity contribution is 8.00. The van der Waals surface area contributed by atoms with Crippen molar-refractivity contribution in [1.29, 1.82) is 0 Å². The number of primary amides is 1. The monoisotopic (exact) mass is 402 g/mol. The van der Waals surface area contributed by atoms with Crippen molar-refractivity contribution in [3.8, 4) is 11.5 Å². The summed E-state index contributed by atoms with van der Waals surface area (Å²) in [6, 6.07) is 7.47. The maximum absolute atomic E-state index is 12.4. The fourth-order valence-corrected chi connectivity index (χ4v) is 3.75. The first-order chi connectivity index (χ1) is 12.8. The third kappa shape index (κ3) is 4.37. The SMILES string of the molecule is Cc1ccc(-c2nnc(S[C@@H](C)C(=O)Nc3sccc3C(N)=O)o2)cc1C. The number of hydrogen-bond acceptors (Lipinski definition) is 7. The molecule has 0 bridgehead atoms. The summed E-state index contributed by atoms with van der Waals surface area (Å²) in [6.45, 7) is 5.77. The third-order valence-corrected chi connectivity index (χ3v) is 5.74. The summed E-state index contributed by atoms with van der Waals surface area (Å²) in [4.78, 5) is 23.7. The van der Waals surface area contributed by atoms with Crippen LogP contribution in [0.2, 0.25) is 0 Å². The van der Waals surface area contributed by atoms with Gasteiger partial charge in [-0.15, -0.1) is 21.5 Å². The van der Waals surface area contributed by atoms with E-state index in [2.05, 4.69) is 15.5 Å². The topological polar surface area (TPSA) is 111 Å². The van der Waals surface area contributed by atoms with E-state index >= 15 is 0 Å². The Labute approximate surface area is 164 Å². The molecule has 0 fully saturated rings. The van der Waals surface area contributed by atoms with E-state index in [4.69, 9.17) is 10.2 Å². The van der Waals surface area contributed by atoms with Gasteiger partial charge in [0.05, 0.1) is 10.8 Å². The predicted molar refractivity (Wildman–Crippen MR) is 106 cm³/mol. The molecule has 0 saturated heterocycles. The van der Waals surface area contributed by atoms with E-state index in [0.717, 1.165) is 22.9 Å². The zero-order chi connectivity index (χ0) is 19.6. The molecule has 1 atom stereocenters. The average Bonchev–Trinajstić information content (AvgIpc) is 3.26. The second-order valence-corrected chi connectivity index (χ2v) is 8.16. The molecule has 9 heteroatoms. The van der Waals surface area contributed by atoms with Crippen molar-refractivity contribution in [3.63, 3.8) is 0 Å². The number of thioether (sulfide) groups is 1. The summed E-state index contributed by atoms with van der Waals surface area (Å²) in [5.41, 5.74) is 8.73. The fourth-order valence-electron chi connectivity index (χ4n) is 2.27. The molecule has 2 aromatic heterocycles. The lowest BCUT2D eigenvalue weighted by Gasteiger charge is -2.09. The Morgan fingerprint density at radius 3 is 2.70 bits per heavy atom. The highest BCUT2D eigenvalue weighted by atomic mass is 32.2. The third-order valence-electron chi connectivity index (χ3n) is 3.97. The molecule has 0 aliphatic carbocycles. The zero-order valence-electron chi connectivity index (χ0n) is 15.0. The number of hydrogen-bond donors (Lipinski definition) is 2. The molecule has 140 valence electrons. The minimum Gasteiger partial charge on any atom is -0.411 e. The minimum atomic E-state index is -0.582. The molecule has 3 rings (SSSR count). The first-order valence-corrected chi connectivity index (χ1v) is 9.87. The van der Waals surface area contributed by atoms with E-state index in [-0.39, 0.29) is 5.91 Å². The number of nitrogens with one attached hydrogen (secondary N) is 1. The van der Waals surface area contributed by atoms with Crippen LogP contribution in [0.4, 0.5) is 5.00 Å². The molecule has 0 aliphatic rings. The lowest BCUT2D eigenvalue weighted by Crippen LogP contribution is -2.23. The van der Waals surface area contributed by atoms with E-state index in [1.807, 2.05) is 32.0 Å². The number of carbonyl (C=O) groups excluding carboxylic acids is 2. The standard InChI is InChI=1S/C18H18N4O3S2/c1-9-4-5-12(8-10(9)2)16-21-22-18(25-16)27-11(3)15(24)20-17-13(14(19)23)6-7-26-17/h4-8,11H,1-3H3,(H2,19,23)(H,20,24)/t11-/m0/s1. The van der Waals surface area contributed by atoms with E-state index in [1.54, 1.807) is 18.4 Å². The molecular formula is C18H18N4O3S2. The van der Waals surface area contributed by atoms with Crippen LogP contribution in [0.5, 0.6) is 0 Å². The Bertz CT molecular complexity index is 996. The quantitative estimate of drug-likeness (QED) is 0.609. The molecule has 0 spiro atoms. The highest BCUT2D eigenvalue weighted by Gasteiger charge is 2.21. The van der Waals surface area contributed by atoms with Crippen LogP contribution in [0.15, 0.2) is 39.3 Å². The van der Waals surface area contributed by atoms with Gasteiger partial charge < -0.3 is 15.5 Å². The van der Waals surface area contributed by atoms with Gasteiger partial charge in [0, 0.05) is 5.56 Å². The molecule has 0 unspecified atom stereocenters.